The van der Waals surface area contributed by atoms with Gasteiger partial charge >= 0.3 is 0 Å². The van der Waals surface area contributed by atoms with Crippen LogP contribution in [0.15, 0.2) is 40.2 Å². The Morgan fingerprint density at radius 1 is 1.21 bits per heavy atom. The molecule has 0 radical (unpaired) electrons. The topological polar surface area (TPSA) is 29.1 Å². The van der Waals surface area contributed by atoms with Gasteiger partial charge in [-0.15, -0.1) is 22.7 Å². The molecule has 0 aliphatic heterocycles. The molecule has 3 rings (SSSR count). The quantitative estimate of drug-likeness (QED) is 0.679. The number of thiophene rings is 2. The summed E-state index contributed by atoms with van der Waals surface area (Å²) < 4.78 is 15.7. The number of halogens is 2. The molecule has 1 N–H and O–H groups in total. The van der Waals surface area contributed by atoms with E-state index in [9.17, 15) is 9.18 Å². The molecule has 0 unspecified atom stereocenters. The van der Waals surface area contributed by atoms with Gasteiger partial charge in [-0.3, -0.25) is 4.79 Å². The van der Waals surface area contributed by atoms with Crippen LogP contribution in [0.25, 0.3) is 9.40 Å². The summed E-state index contributed by atoms with van der Waals surface area (Å²) in [6.45, 7) is 0. The van der Waals surface area contributed by atoms with Crippen LogP contribution in [0.1, 0.15) is 9.67 Å². The van der Waals surface area contributed by atoms with Gasteiger partial charge in [0.25, 0.3) is 5.91 Å². The molecule has 19 heavy (non-hydrogen) atoms. The summed E-state index contributed by atoms with van der Waals surface area (Å²) in [5, 5.41) is 4.77. The molecule has 0 saturated heterocycles. The lowest BCUT2D eigenvalue weighted by atomic mass is 10.3. The van der Waals surface area contributed by atoms with Gasteiger partial charge in [0, 0.05) is 13.9 Å². The minimum Gasteiger partial charge on any atom is -0.320 e. The number of rotatable bonds is 2. The fourth-order valence-electron chi connectivity index (χ4n) is 1.65. The van der Waals surface area contributed by atoms with Crippen molar-refractivity contribution in [3.63, 3.8) is 0 Å². The second-order valence-corrected chi connectivity index (χ2v) is 6.72. The lowest BCUT2D eigenvalue weighted by molar-refractivity contribution is 0.103. The van der Waals surface area contributed by atoms with Crippen LogP contribution >= 0.6 is 38.6 Å². The van der Waals surface area contributed by atoms with Gasteiger partial charge in [-0.2, -0.15) is 0 Å². The number of hydrogen-bond acceptors (Lipinski definition) is 3. The van der Waals surface area contributed by atoms with Gasteiger partial charge in [0.05, 0.1) is 10.6 Å². The van der Waals surface area contributed by atoms with Crippen molar-refractivity contribution in [1.82, 2.24) is 0 Å². The molecule has 0 aliphatic rings. The molecule has 2 nitrogen and oxygen atoms in total. The van der Waals surface area contributed by atoms with Crippen LogP contribution in [0, 0.1) is 5.82 Å². The third-order valence-electron chi connectivity index (χ3n) is 2.54. The number of anilines is 1. The molecule has 1 amide bonds. The molecular formula is C13H7BrFNOS2. The fraction of sp³-hybridized carbons (Fsp3) is 0. The van der Waals surface area contributed by atoms with Crippen LogP contribution in [-0.4, -0.2) is 5.91 Å². The fourth-order valence-corrected chi connectivity index (χ4v) is 4.11. The Bertz CT molecular complexity index is 736. The average molecular weight is 356 g/mol. The first kappa shape index (κ1) is 12.8. The van der Waals surface area contributed by atoms with E-state index in [4.69, 9.17) is 0 Å². The van der Waals surface area contributed by atoms with E-state index in [1.54, 1.807) is 11.3 Å². The SMILES string of the molecule is O=C(Nc1ccc(F)cc1Br)c1cc2sccc2s1. The largest absolute Gasteiger partial charge is 0.320 e. The molecule has 2 heterocycles. The van der Waals surface area contributed by atoms with Crippen molar-refractivity contribution in [2.75, 3.05) is 5.32 Å². The van der Waals surface area contributed by atoms with Gasteiger partial charge in [0.1, 0.15) is 5.82 Å². The molecule has 0 atom stereocenters. The molecule has 6 heteroatoms. The Morgan fingerprint density at radius 3 is 2.79 bits per heavy atom. The Hall–Kier alpha value is -1.24. The predicted octanol–water partition coefficient (Wildman–Crippen LogP) is 5.12. The lowest BCUT2D eigenvalue weighted by Crippen LogP contribution is -2.10. The maximum Gasteiger partial charge on any atom is 0.265 e. The maximum atomic E-state index is 13.0. The smallest absolute Gasteiger partial charge is 0.265 e. The Kier molecular flexibility index (Phi) is 3.38. The number of amides is 1. The van der Waals surface area contributed by atoms with Crippen LogP contribution in [0.5, 0.6) is 0 Å². The molecule has 3 aromatic rings. The first-order valence-corrected chi connectivity index (χ1v) is 7.86. The molecule has 1 aromatic carbocycles. The lowest BCUT2D eigenvalue weighted by Gasteiger charge is -2.05. The van der Waals surface area contributed by atoms with E-state index in [2.05, 4.69) is 21.2 Å². The zero-order chi connectivity index (χ0) is 13.4. The number of nitrogens with one attached hydrogen (secondary N) is 1. The van der Waals surface area contributed by atoms with Crippen LogP contribution in [-0.2, 0) is 0 Å². The normalized spacial score (nSPS) is 10.8. The number of fused-ring (bicyclic) bond motifs is 1. The highest BCUT2D eigenvalue weighted by molar-refractivity contribution is 9.10. The summed E-state index contributed by atoms with van der Waals surface area (Å²) in [4.78, 5) is 12.8. The van der Waals surface area contributed by atoms with Crippen molar-refractivity contribution >= 4 is 59.6 Å². The second kappa shape index (κ2) is 5.03. The molecular weight excluding hydrogens is 349 g/mol. The second-order valence-electron chi connectivity index (χ2n) is 3.84. The van der Waals surface area contributed by atoms with Crippen LogP contribution in [0.3, 0.4) is 0 Å². The number of carbonyl (C=O) groups excluding carboxylic acids is 1. The molecule has 0 spiro atoms. The van der Waals surface area contributed by atoms with E-state index >= 15 is 0 Å². The van der Waals surface area contributed by atoms with E-state index in [0.29, 0.717) is 15.0 Å². The third kappa shape index (κ3) is 2.56. The predicted molar refractivity (Wildman–Crippen MR) is 81.8 cm³/mol. The molecule has 2 aromatic heterocycles. The van der Waals surface area contributed by atoms with Crippen LogP contribution < -0.4 is 5.32 Å². The molecule has 0 fully saturated rings. The van der Waals surface area contributed by atoms with Crippen LogP contribution in [0.4, 0.5) is 10.1 Å². The maximum absolute atomic E-state index is 13.0. The highest BCUT2D eigenvalue weighted by Gasteiger charge is 2.12. The minimum atomic E-state index is -0.346. The van der Waals surface area contributed by atoms with E-state index < -0.39 is 0 Å². The Labute approximate surface area is 125 Å². The van der Waals surface area contributed by atoms with Crippen molar-refractivity contribution in [1.29, 1.82) is 0 Å². The summed E-state index contributed by atoms with van der Waals surface area (Å²) in [5.41, 5.74) is 0.558. The first-order valence-electron chi connectivity index (χ1n) is 5.37. The summed E-state index contributed by atoms with van der Waals surface area (Å²) in [7, 11) is 0. The number of benzene rings is 1. The van der Waals surface area contributed by atoms with E-state index in [1.165, 1.54) is 29.5 Å². The highest BCUT2D eigenvalue weighted by Crippen LogP contribution is 2.31. The zero-order valence-corrected chi connectivity index (χ0v) is 12.7. The van der Waals surface area contributed by atoms with Crippen molar-refractivity contribution in [3.05, 3.63) is 50.9 Å². The zero-order valence-electron chi connectivity index (χ0n) is 9.44. The monoisotopic (exact) mass is 355 g/mol. The average Bonchev–Trinajstić information content (AvgIpc) is 2.93. The number of hydrogen-bond donors (Lipinski definition) is 1. The summed E-state index contributed by atoms with van der Waals surface area (Å²) in [6.07, 6.45) is 0. The number of carbonyl (C=O) groups is 1. The van der Waals surface area contributed by atoms with Crippen molar-refractivity contribution in [2.45, 2.75) is 0 Å². The summed E-state index contributed by atoms with van der Waals surface area (Å²) in [6, 6.07) is 8.04. The van der Waals surface area contributed by atoms with E-state index in [-0.39, 0.29) is 11.7 Å². The van der Waals surface area contributed by atoms with Crippen molar-refractivity contribution in [2.24, 2.45) is 0 Å². The Morgan fingerprint density at radius 2 is 2.05 bits per heavy atom. The van der Waals surface area contributed by atoms with Gasteiger partial charge < -0.3 is 5.32 Å². The van der Waals surface area contributed by atoms with Crippen LogP contribution in [0.2, 0.25) is 0 Å². The van der Waals surface area contributed by atoms with Gasteiger partial charge in [-0.25, -0.2) is 4.39 Å². The molecule has 0 aliphatic carbocycles. The minimum absolute atomic E-state index is 0.180. The van der Waals surface area contributed by atoms with Crippen molar-refractivity contribution < 1.29 is 9.18 Å². The van der Waals surface area contributed by atoms with Gasteiger partial charge in [0.2, 0.25) is 0 Å². The highest BCUT2D eigenvalue weighted by atomic mass is 79.9. The van der Waals surface area contributed by atoms with Gasteiger partial charge in [-0.05, 0) is 51.6 Å². The third-order valence-corrected chi connectivity index (χ3v) is 5.29. The van der Waals surface area contributed by atoms with Gasteiger partial charge in [0.15, 0.2) is 0 Å². The summed E-state index contributed by atoms with van der Waals surface area (Å²) >= 11 is 6.28. The molecule has 0 saturated carbocycles. The van der Waals surface area contributed by atoms with Gasteiger partial charge in [-0.1, -0.05) is 0 Å². The molecule has 96 valence electrons. The molecule has 0 bridgehead atoms. The van der Waals surface area contributed by atoms with Crippen molar-refractivity contribution in [3.8, 4) is 0 Å². The van der Waals surface area contributed by atoms with E-state index in [1.807, 2.05) is 17.5 Å². The first-order chi connectivity index (χ1) is 9.13. The van der Waals surface area contributed by atoms with E-state index in [0.717, 1.165) is 9.40 Å². The standard InChI is InChI=1S/C13H7BrFNOS2/c14-8-5-7(15)1-2-9(8)16-13(17)12-6-11-10(19-12)3-4-18-11/h1-6H,(H,16,17). The summed E-state index contributed by atoms with van der Waals surface area (Å²) in [5.74, 6) is -0.526. The Balaban J connectivity index is 1.86.